The molecule has 3 aliphatic carbocycles. The molecule has 4 N–H and O–H groups in total. The Bertz CT molecular complexity index is 649. The second-order valence-corrected chi connectivity index (χ2v) is 9.15. The Balaban J connectivity index is 1.44. The number of nitrogens with two attached hydrogens (primary N) is 1. The molecule has 0 aromatic heterocycles. The van der Waals surface area contributed by atoms with Gasteiger partial charge in [-0.3, -0.25) is 0 Å². The molecule has 1 aromatic carbocycles. The van der Waals surface area contributed by atoms with Crippen molar-refractivity contribution in [3.63, 3.8) is 0 Å². The van der Waals surface area contributed by atoms with E-state index in [2.05, 4.69) is 35.8 Å². The number of hydrogen-bond donors (Lipinski definition) is 3. The van der Waals surface area contributed by atoms with E-state index in [-0.39, 0.29) is 0 Å². The average Bonchev–Trinajstić information content (AvgIpc) is 3.03. The average molecular weight is 372 g/mol. The molecule has 0 radical (unpaired) electrons. The molecule has 0 bridgehead atoms. The summed E-state index contributed by atoms with van der Waals surface area (Å²) in [5.74, 6) is 3.52. The Hall–Kier alpha value is -1.10. The highest BCUT2D eigenvalue weighted by molar-refractivity contribution is 5.40. The molecule has 2 fully saturated rings. The number of aryl methyl sites for hydroxylation is 1. The lowest BCUT2D eigenvalue weighted by atomic mass is 9.55. The Labute approximate surface area is 164 Å². The first-order chi connectivity index (χ1) is 13.2. The van der Waals surface area contributed by atoms with Crippen molar-refractivity contribution in [2.75, 3.05) is 33.3 Å². The highest BCUT2D eigenvalue weighted by Gasteiger charge is 2.54. The number of fused-ring (bicyclic) bond motifs is 5. The van der Waals surface area contributed by atoms with Crippen molar-refractivity contribution in [2.24, 2.45) is 23.0 Å². The van der Waals surface area contributed by atoms with E-state index in [1.807, 2.05) is 0 Å². The molecule has 1 aromatic rings. The summed E-state index contributed by atoms with van der Waals surface area (Å²) in [6.45, 7) is 6.30. The van der Waals surface area contributed by atoms with Crippen LogP contribution in [-0.2, 0) is 6.42 Å². The number of benzene rings is 1. The standard InChI is InChI=1S/C23H37N3O/c1-23-10-9-19-18-6-4-17(27-2)15-16(18)3-5-20(19)21(23)7-8-22(23)26-14-13-25-12-11-24/h4,6,15,19-22,25-26H,3,5,7-14,24H2,1-2H3/t19?,20?,21?,22?,23-/m0/s1. The molecule has 150 valence electrons. The molecule has 4 unspecified atom stereocenters. The third kappa shape index (κ3) is 3.52. The van der Waals surface area contributed by atoms with Crippen LogP contribution in [0.5, 0.6) is 5.75 Å². The van der Waals surface area contributed by atoms with Crippen molar-refractivity contribution >= 4 is 0 Å². The Morgan fingerprint density at radius 2 is 2.04 bits per heavy atom. The van der Waals surface area contributed by atoms with E-state index in [0.717, 1.165) is 49.7 Å². The van der Waals surface area contributed by atoms with Crippen molar-refractivity contribution in [2.45, 2.75) is 57.4 Å². The lowest BCUT2D eigenvalue weighted by Crippen LogP contribution is -2.49. The fourth-order valence-corrected chi connectivity index (χ4v) is 6.58. The van der Waals surface area contributed by atoms with Crippen molar-refractivity contribution in [3.8, 4) is 5.75 Å². The van der Waals surface area contributed by atoms with Crippen LogP contribution in [0, 0.1) is 17.3 Å². The van der Waals surface area contributed by atoms with Crippen LogP contribution in [0.15, 0.2) is 18.2 Å². The zero-order valence-electron chi connectivity index (χ0n) is 17.1. The van der Waals surface area contributed by atoms with E-state index in [1.165, 1.54) is 44.1 Å². The van der Waals surface area contributed by atoms with Crippen molar-refractivity contribution in [1.82, 2.24) is 10.6 Å². The Kier molecular flexibility index (Phi) is 5.77. The van der Waals surface area contributed by atoms with Crippen LogP contribution in [0.2, 0.25) is 0 Å². The molecule has 0 heterocycles. The minimum Gasteiger partial charge on any atom is -0.497 e. The van der Waals surface area contributed by atoms with Crippen LogP contribution < -0.4 is 21.1 Å². The van der Waals surface area contributed by atoms with Crippen molar-refractivity contribution in [1.29, 1.82) is 0 Å². The van der Waals surface area contributed by atoms with Crippen LogP contribution in [0.3, 0.4) is 0 Å². The van der Waals surface area contributed by atoms with Crippen LogP contribution in [0.25, 0.3) is 0 Å². The molecule has 4 heteroatoms. The maximum absolute atomic E-state index is 5.56. The molecular formula is C23H37N3O. The summed E-state index contributed by atoms with van der Waals surface area (Å²) in [6, 6.07) is 7.50. The molecule has 27 heavy (non-hydrogen) atoms. The maximum atomic E-state index is 5.56. The van der Waals surface area contributed by atoms with Gasteiger partial charge in [0.25, 0.3) is 0 Å². The van der Waals surface area contributed by atoms with Crippen LogP contribution in [-0.4, -0.2) is 39.3 Å². The molecule has 0 aliphatic heterocycles. The van der Waals surface area contributed by atoms with E-state index < -0.39 is 0 Å². The van der Waals surface area contributed by atoms with Gasteiger partial charge < -0.3 is 21.1 Å². The van der Waals surface area contributed by atoms with Gasteiger partial charge in [-0.2, -0.15) is 0 Å². The lowest BCUT2D eigenvalue weighted by Gasteiger charge is -2.51. The number of rotatable bonds is 7. The molecule has 4 nitrogen and oxygen atoms in total. The van der Waals surface area contributed by atoms with Crippen LogP contribution in [0.4, 0.5) is 0 Å². The van der Waals surface area contributed by atoms with Gasteiger partial charge in [-0.25, -0.2) is 0 Å². The monoisotopic (exact) mass is 371 g/mol. The quantitative estimate of drug-likeness (QED) is 0.645. The predicted molar refractivity (Wildman–Crippen MR) is 111 cm³/mol. The summed E-state index contributed by atoms with van der Waals surface area (Å²) < 4.78 is 5.46. The number of nitrogens with one attached hydrogen (secondary N) is 2. The predicted octanol–water partition coefficient (Wildman–Crippen LogP) is 3.06. The minimum absolute atomic E-state index is 0.471. The molecule has 4 rings (SSSR count). The molecule has 0 spiro atoms. The minimum atomic E-state index is 0.471. The summed E-state index contributed by atoms with van der Waals surface area (Å²) in [7, 11) is 1.77. The first-order valence-corrected chi connectivity index (χ1v) is 11.0. The first-order valence-electron chi connectivity index (χ1n) is 11.0. The summed E-state index contributed by atoms with van der Waals surface area (Å²) in [5.41, 5.74) is 9.20. The zero-order chi connectivity index (χ0) is 18.9. The van der Waals surface area contributed by atoms with Crippen LogP contribution in [0.1, 0.15) is 56.1 Å². The fraction of sp³-hybridized carbons (Fsp3) is 0.739. The number of hydrogen-bond acceptors (Lipinski definition) is 4. The topological polar surface area (TPSA) is 59.3 Å². The summed E-state index contributed by atoms with van der Waals surface area (Å²) in [6.07, 6.45) is 8.03. The fourth-order valence-electron chi connectivity index (χ4n) is 6.58. The molecule has 5 atom stereocenters. The third-order valence-corrected chi connectivity index (χ3v) is 7.95. The third-order valence-electron chi connectivity index (χ3n) is 7.95. The summed E-state index contributed by atoms with van der Waals surface area (Å²) in [5, 5.41) is 7.30. The van der Waals surface area contributed by atoms with Gasteiger partial charge in [0.05, 0.1) is 7.11 Å². The highest BCUT2D eigenvalue weighted by Crippen LogP contribution is 2.60. The lowest BCUT2D eigenvalue weighted by molar-refractivity contribution is 0.0414. The molecule has 0 amide bonds. The Morgan fingerprint density at radius 3 is 2.85 bits per heavy atom. The van der Waals surface area contributed by atoms with Gasteiger partial charge in [0.1, 0.15) is 5.75 Å². The van der Waals surface area contributed by atoms with Gasteiger partial charge in [0, 0.05) is 32.2 Å². The number of ether oxygens (including phenoxy) is 1. The highest BCUT2D eigenvalue weighted by atomic mass is 16.5. The number of methoxy groups -OCH3 is 1. The smallest absolute Gasteiger partial charge is 0.119 e. The van der Waals surface area contributed by atoms with Crippen molar-refractivity contribution < 1.29 is 4.74 Å². The van der Waals surface area contributed by atoms with E-state index >= 15 is 0 Å². The zero-order valence-corrected chi connectivity index (χ0v) is 17.1. The van der Waals surface area contributed by atoms with Gasteiger partial charge in [0.15, 0.2) is 0 Å². The van der Waals surface area contributed by atoms with Crippen LogP contribution >= 0.6 is 0 Å². The second-order valence-electron chi connectivity index (χ2n) is 9.15. The second kappa shape index (κ2) is 8.10. The van der Waals surface area contributed by atoms with Gasteiger partial charge in [0.2, 0.25) is 0 Å². The van der Waals surface area contributed by atoms with Gasteiger partial charge in [-0.1, -0.05) is 13.0 Å². The molecule has 2 saturated carbocycles. The molecule has 3 aliphatic rings. The largest absolute Gasteiger partial charge is 0.497 e. The van der Waals surface area contributed by atoms with Crippen molar-refractivity contribution in [3.05, 3.63) is 29.3 Å². The van der Waals surface area contributed by atoms with E-state index in [9.17, 15) is 0 Å². The summed E-state index contributed by atoms with van der Waals surface area (Å²) >= 11 is 0. The first kappa shape index (κ1) is 19.2. The SMILES string of the molecule is COc1ccc2c(c1)CCC1C2CC[C@]2(C)C(NCCNCCN)CCC12. The van der Waals surface area contributed by atoms with E-state index in [1.54, 1.807) is 12.7 Å². The normalized spacial score (nSPS) is 34.6. The van der Waals surface area contributed by atoms with Gasteiger partial charge in [-0.15, -0.1) is 0 Å². The van der Waals surface area contributed by atoms with E-state index in [4.69, 9.17) is 10.5 Å². The molecular weight excluding hydrogens is 334 g/mol. The Morgan fingerprint density at radius 1 is 1.15 bits per heavy atom. The molecule has 0 saturated heterocycles. The maximum Gasteiger partial charge on any atom is 0.119 e. The van der Waals surface area contributed by atoms with E-state index in [0.29, 0.717) is 11.5 Å². The summed E-state index contributed by atoms with van der Waals surface area (Å²) in [4.78, 5) is 0. The van der Waals surface area contributed by atoms with Gasteiger partial charge >= 0.3 is 0 Å². The van der Waals surface area contributed by atoms with Gasteiger partial charge in [-0.05, 0) is 85.0 Å².